The topological polar surface area (TPSA) is 98.5 Å². The largest absolute Gasteiger partial charge is 0.460 e. The summed E-state index contributed by atoms with van der Waals surface area (Å²) in [4.78, 5) is 36.1. The summed E-state index contributed by atoms with van der Waals surface area (Å²) >= 11 is 6.07. The second-order valence-corrected chi connectivity index (χ2v) is 9.11. The van der Waals surface area contributed by atoms with Crippen LogP contribution in [0.25, 0.3) is 0 Å². The van der Waals surface area contributed by atoms with Gasteiger partial charge in [-0.2, -0.15) is 0 Å². The first kappa shape index (κ1) is 23.4. The van der Waals surface area contributed by atoms with Gasteiger partial charge in [0.1, 0.15) is 11.3 Å². The Morgan fingerprint density at radius 3 is 1.88 bits per heavy atom. The number of allylic oxidation sites excluding steroid dienone is 1. The maximum absolute atomic E-state index is 12.2. The molecular formula is C18H31ClN2O4. The molecule has 3 N–H and O–H groups in total. The molecule has 0 spiro atoms. The first-order chi connectivity index (χ1) is 11.0. The number of esters is 1. The fraction of sp³-hybridized carbons (Fsp3) is 0.722. The molecule has 0 fully saturated rings. The molecule has 25 heavy (non-hydrogen) atoms. The van der Waals surface area contributed by atoms with E-state index in [2.05, 4.69) is 5.32 Å². The minimum absolute atomic E-state index is 0.118. The zero-order chi connectivity index (χ0) is 20.2. The summed E-state index contributed by atoms with van der Waals surface area (Å²) in [5, 5.41) is 2.73. The smallest absolute Gasteiger partial charge is 0.306 e. The van der Waals surface area contributed by atoms with Gasteiger partial charge in [-0.05, 0) is 46.5 Å². The number of hydrogen-bond donors (Lipinski definition) is 2. The number of nitrogens with two attached hydrogens (primary N) is 1. The van der Waals surface area contributed by atoms with E-state index in [4.69, 9.17) is 22.1 Å². The second-order valence-electron chi connectivity index (χ2n) is 8.73. The van der Waals surface area contributed by atoms with E-state index in [1.807, 2.05) is 0 Å². The number of ether oxygens (including phenoxy) is 1. The molecular weight excluding hydrogens is 344 g/mol. The molecule has 0 aromatic rings. The minimum atomic E-state index is -0.884. The van der Waals surface area contributed by atoms with Gasteiger partial charge in [-0.3, -0.25) is 14.4 Å². The summed E-state index contributed by atoms with van der Waals surface area (Å²) in [7, 11) is 0. The lowest BCUT2D eigenvalue weighted by Gasteiger charge is -2.27. The summed E-state index contributed by atoms with van der Waals surface area (Å²) in [6, 6.07) is 0. The average molecular weight is 375 g/mol. The lowest BCUT2D eigenvalue weighted by atomic mass is 9.93. The van der Waals surface area contributed by atoms with Gasteiger partial charge in [0.05, 0.1) is 5.03 Å². The van der Waals surface area contributed by atoms with Crippen LogP contribution in [0.1, 0.15) is 68.2 Å². The molecule has 1 amide bonds. The molecule has 0 aliphatic rings. The van der Waals surface area contributed by atoms with E-state index in [-0.39, 0.29) is 23.1 Å². The third kappa shape index (κ3) is 8.91. The predicted molar refractivity (Wildman–Crippen MR) is 98.8 cm³/mol. The molecule has 144 valence electrons. The molecule has 0 unspecified atom stereocenters. The fourth-order valence-corrected chi connectivity index (χ4v) is 1.95. The molecule has 7 heteroatoms. The molecule has 0 radical (unpaired) electrons. The number of ketones is 1. The highest BCUT2D eigenvalue weighted by atomic mass is 35.5. The molecule has 0 aromatic heterocycles. The zero-order valence-corrected chi connectivity index (χ0v) is 17.3. The van der Waals surface area contributed by atoms with Crippen molar-refractivity contribution in [2.45, 2.75) is 79.4 Å². The van der Waals surface area contributed by atoms with E-state index >= 15 is 0 Å². The van der Waals surface area contributed by atoms with Crippen LogP contribution in [0.4, 0.5) is 0 Å². The SMILES string of the molecule is CC(C)(CCC(=O)OC(C)(C)C)NC(=O)C(=O)/C(N)=C(\Cl)C(C)(C)C. The molecule has 0 aromatic carbocycles. The third-order valence-electron chi connectivity index (χ3n) is 3.17. The Labute approximate surface area is 155 Å². The number of amides is 1. The maximum atomic E-state index is 12.2. The third-order valence-corrected chi connectivity index (χ3v) is 3.94. The van der Waals surface area contributed by atoms with E-state index in [1.165, 1.54) is 0 Å². The van der Waals surface area contributed by atoms with Crippen LogP contribution in [0.3, 0.4) is 0 Å². The van der Waals surface area contributed by atoms with Crippen molar-refractivity contribution in [3.8, 4) is 0 Å². The Hall–Kier alpha value is -1.56. The van der Waals surface area contributed by atoms with Gasteiger partial charge in [-0.25, -0.2) is 0 Å². The van der Waals surface area contributed by atoms with Crippen LogP contribution in [0.15, 0.2) is 10.7 Å². The summed E-state index contributed by atoms with van der Waals surface area (Å²) in [6.07, 6.45) is 0.435. The lowest BCUT2D eigenvalue weighted by molar-refractivity contribution is -0.155. The van der Waals surface area contributed by atoms with Crippen molar-refractivity contribution < 1.29 is 19.1 Å². The molecule has 0 aliphatic heterocycles. The first-order valence-electron chi connectivity index (χ1n) is 8.21. The monoisotopic (exact) mass is 374 g/mol. The summed E-state index contributed by atoms with van der Waals surface area (Å²) in [6.45, 7) is 14.1. The van der Waals surface area contributed by atoms with Gasteiger partial charge >= 0.3 is 5.97 Å². The number of Topliss-reactive ketones (excluding diaryl/α,β-unsaturated/α-hetero) is 1. The molecule has 0 rings (SSSR count). The van der Waals surface area contributed by atoms with Crippen LogP contribution in [0, 0.1) is 5.41 Å². The van der Waals surface area contributed by atoms with Crippen molar-refractivity contribution in [3.05, 3.63) is 10.7 Å². The zero-order valence-electron chi connectivity index (χ0n) is 16.5. The molecule has 0 saturated carbocycles. The van der Waals surface area contributed by atoms with Crippen molar-refractivity contribution >= 4 is 29.3 Å². The van der Waals surface area contributed by atoms with Crippen LogP contribution in [0.5, 0.6) is 0 Å². The number of nitrogens with one attached hydrogen (secondary N) is 1. The van der Waals surface area contributed by atoms with Gasteiger partial charge in [0, 0.05) is 12.0 Å². The first-order valence-corrected chi connectivity index (χ1v) is 8.58. The molecule has 6 nitrogen and oxygen atoms in total. The molecule has 0 saturated heterocycles. The van der Waals surface area contributed by atoms with E-state index in [0.29, 0.717) is 6.42 Å². The van der Waals surface area contributed by atoms with Crippen LogP contribution in [-0.2, 0) is 19.1 Å². The van der Waals surface area contributed by atoms with Crippen molar-refractivity contribution in [3.63, 3.8) is 0 Å². The fourth-order valence-electron chi connectivity index (χ4n) is 1.86. The van der Waals surface area contributed by atoms with Gasteiger partial charge in [-0.1, -0.05) is 32.4 Å². The highest BCUT2D eigenvalue weighted by molar-refractivity contribution is 6.45. The minimum Gasteiger partial charge on any atom is -0.460 e. The van der Waals surface area contributed by atoms with Crippen molar-refractivity contribution in [2.75, 3.05) is 0 Å². The molecule has 0 atom stereocenters. The summed E-state index contributed by atoms with van der Waals surface area (Å²) in [5.74, 6) is -2.10. The number of rotatable bonds is 6. The number of hydrogen-bond acceptors (Lipinski definition) is 5. The molecule has 0 aliphatic carbocycles. The van der Waals surface area contributed by atoms with E-state index in [9.17, 15) is 14.4 Å². The standard InChI is InChI=1S/C18H31ClN2O4/c1-16(2,3)14(19)12(20)13(23)15(24)21-18(7,8)10-9-11(22)25-17(4,5)6/h9-10,20H2,1-8H3,(H,21,24)/b14-12+. The van der Waals surface area contributed by atoms with Gasteiger partial charge in [0.2, 0.25) is 0 Å². The Bertz CT molecular complexity index is 567. The highest BCUT2D eigenvalue weighted by Gasteiger charge is 2.30. The highest BCUT2D eigenvalue weighted by Crippen LogP contribution is 2.30. The summed E-state index contributed by atoms with van der Waals surface area (Å²) in [5.41, 5.74) is 3.57. The van der Waals surface area contributed by atoms with Crippen LogP contribution in [-0.4, -0.2) is 28.8 Å². The predicted octanol–water partition coefficient (Wildman–Crippen LogP) is 3.03. The van der Waals surface area contributed by atoms with Crippen molar-refractivity contribution in [1.82, 2.24) is 5.32 Å². The van der Waals surface area contributed by atoms with Crippen molar-refractivity contribution in [2.24, 2.45) is 11.1 Å². The van der Waals surface area contributed by atoms with Crippen LogP contribution >= 0.6 is 11.6 Å². The van der Waals surface area contributed by atoms with Gasteiger partial charge < -0.3 is 15.8 Å². The summed E-state index contributed by atoms with van der Waals surface area (Å²) < 4.78 is 5.23. The molecule has 0 heterocycles. The van der Waals surface area contributed by atoms with Gasteiger partial charge in [0.25, 0.3) is 11.7 Å². The van der Waals surface area contributed by atoms with Crippen LogP contribution in [0.2, 0.25) is 0 Å². The molecule has 0 bridgehead atoms. The average Bonchev–Trinajstić information content (AvgIpc) is 2.39. The number of halogens is 1. The number of carbonyl (C=O) groups excluding carboxylic acids is 3. The lowest BCUT2D eigenvalue weighted by Crippen LogP contribution is -2.48. The van der Waals surface area contributed by atoms with E-state index in [0.717, 1.165) is 0 Å². The second kappa shape index (κ2) is 8.21. The Kier molecular flexibility index (Phi) is 7.70. The Morgan fingerprint density at radius 2 is 1.48 bits per heavy atom. The number of carbonyl (C=O) groups is 3. The Balaban J connectivity index is 4.87. The normalized spacial score (nSPS) is 13.8. The van der Waals surface area contributed by atoms with Gasteiger partial charge in [-0.15, -0.1) is 0 Å². The maximum Gasteiger partial charge on any atom is 0.306 e. The van der Waals surface area contributed by atoms with Crippen LogP contribution < -0.4 is 11.1 Å². The van der Waals surface area contributed by atoms with E-state index < -0.39 is 28.2 Å². The Morgan fingerprint density at radius 1 is 1.00 bits per heavy atom. The van der Waals surface area contributed by atoms with Gasteiger partial charge in [0.15, 0.2) is 0 Å². The van der Waals surface area contributed by atoms with E-state index in [1.54, 1.807) is 55.4 Å². The quantitative estimate of drug-likeness (QED) is 0.423. The van der Waals surface area contributed by atoms with Crippen molar-refractivity contribution in [1.29, 1.82) is 0 Å².